The highest BCUT2D eigenvalue weighted by Gasteiger charge is 2.12. The van der Waals surface area contributed by atoms with Gasteiger partial charge in [0.05, 0.1) is 4.92 Å². The number of hydrogen-bond donors (Lipinski definition) is 2. The standard InChI is InChI=1S/C17H20N4O2/c22-21(23)16-6-2-1-4-14(16)12-18-11-9-15-8-7-13-5-3-10-19-17(13)20-15/h1-2,4,6-8,18H,3,5,9-12H2,(H,19,20). The number of nitrogens with one attached hydrogen (secondary N) is 2. The fraction of sp³-hybridized carbons (Fsp3) is 0.353. The maximum atomic E-state index is 11.0. The fourth-order valence-corrected chi connectivity index (χ4v) is 2.79. The van der Waals surface area contributed by atoms with E-state index < -0.39 is 0 Å². The molecule has 2 heterocycles. The van der Waals surface area contributed by atoms with E-state index in [4.69, 9.17) is 0 Å². The summed E-state index contributed by atoms with van der Waals surface area (Å²) in [6, 6.07) is 11.0. The number of benzene rings is 1. The van der Waals surface area contributed by atoms with Crippen molar-refractivity contribution < 1.29 is 4.92 Å². The summed E-state index contributed by atoms with van der Waals surface area (Å²) in [6.07, 6.45) is 3.05. The molecule has 0 unspecified atom stereocenters. The van der Waals surface area contributed by atoms with Gasteiger partial charge >= 0.3 is 0 Å². The summed E-state index contributed by atoms with van der Waals surface area (Å²) in [4.78, 5) is 15.3. The molecular weight excluding hydrogens is 292 g/mol. The topological polar surface area (TPSA) is 80.1 Å². The fourth-order valence-electron chi connectivity index (χ4n) is 2.79. The van der Waals surface area contributed by atoms with Crippen molar-refractivity contribution in [2.45, 2.75) is 25.8 Å². The average Bonchev–Trinajstić information content (AvgIpc) is 2.59. The number of hydrogen-bond acceptors (Lipinski definition) is 5. The molecule has 0 saturated heterocycles. The zero-order chi connectivity index (χ0) is 16.1. The number of aryl methyl sites for hydroxylation is 1. The largest absolute Gasteiger partial charge is 0.370 e. The van der Waals surface area contributed by atoms with E-state index in [0.717, 1.165) is 43.9 Å². The Balaban J connectivity index is 1.53. The summed E-state index contributed by atoms with van der Waals surface area (Å²) >= 11 is 0. The lowest BCUT2D eigenvalue weighted by Crippen LogP contribution is -2.19. The second-order valence-corrected chi connectivity index (χ2v) is 5.65. The predicted molar refractivity (Wildman–Crippen MR) is 89.6 cm³/mol. The van der Waals surface area contributed by atoms with Crippen LogP contribution in [0.4, 0.5) is 11.5 Å². The quantitative estimate of drug-likeness (QED) is 0.487. The lowest BCUT2D eigenvalue weighted by Gasteiger charge is -2.17. The molecular formula is C17H20N4O2. The zero-order valence-corrected chi connectivity index (χ0v) is 12.9. The van der Waals surface area contributed by atoms with Crippen molar-refractivity contribution in [3.63, 3.8) is 0 Å². The molecule has 0 aliphatic carbocycles. The summed E-state index contributed by atoms with van der Waals surface area (Å²) in [5.41, 5.74) is 3.19. The minimum absolute atomic E-state index is 0.163. The van der Waals surface area contributed by atoms with Gasteiger partial charge in [-0.1, -0.05) is 24.3 Å². The van der Waals surface area contributed by atoms with Gasteiger partial charge in [0, 0.05) is 43.4 Å². The number of pyridine rings is 1. The maximum Gasteiger partial charge on any atom is 0.273 e. The second kappa shape index (κ2) is 7.19. The minimum atomic E-state index is -0.340. The molecule has 1 aliphatic heterocycles. The predicted octanol–water partition coefficient (Wildman–Crippen LogP) is 2.68. The molecule has 120 valence electrons. The first kappa shape index (κ1) is 15.4. The molecule has 6 nitrogen and oxygen atoms in total. The molecule has 0 radical (unpaired) electrons. The van der Waals surface area contributed by atoms with Crippen LogP contribution in [0.3, 0.4) is 0 Å². The van der Waals surface area contributed by atoms with Crippen molar-refractivity contribution in [3.8, 4) is 0 Å². The molecule has 0 saturated carbocycles. The van der Waals surface area contributed by atoms with E-state index in [1.807, 2.05) is 6.07 Å². The van der Waals surface area contributed by atoms with E-state index in [1.54, 1.807) is 12.1 Å². The normalized spacial score (nSPS) is 13.2. The number of rotatable bonds is 6. The van der Waals surface area contributed by atoms with Gasteiger partial charge in [-0.25, -0.2) is 4.98 Å². The van der Waals surface area contributed by atoms with Crippen molar-refractivity contribution in [3.05, 3.63) is 63.3 Å². The Labute approximate surface area is 135 Å². The Morgan fingerprint density at radius 1 is 1.26 bits per heavy atom. The van der Waals surface area contributed by atoms with E-state index >= 15 is 0 Å². The third-order valence-electron chi connectivity index (χ3n) is 4.01. The number of para-hydroxylation sites is 1. The Hall–Kier alpha value is -2.47. The monoisotopic (exact) mass is 312 g/mol. The molecule has 1 aliphatic rings. The number of nitro benzene ring substituents is 1. The van der Waals surface area contributed by atoms with Crippen LogP contribution in [0.15, 0.2) is 36.4 Å². The Morgan fingerprint density at radius 2 is 2.13 bits per heavy atom. The van der Waals surface area contributed by atoms with Crippen molar-refractivity contribution >= 4 is 11.5 Å². The first-order valence-corrected chi connectivity index (χ1v) is 7.90. The van der Waals surface area contributed by atoms with E-state index in [9.17, 15) is 10.1 Å². The molecule has 23 heavy (non-hydrogen) atoms. The molecule has 2 aromatic rings. The van der Waals surface area contributed by atoms with Gasteiger partial charge in [-0.3, -0.25) is 10.1 Å². The van der Waals surface area contributed by atoms with Crippen molar-refractivity contribution in [1.29, 1.82) is 0 Å². The van der Waals surface area contributed by atoms with Crippen LogP contribution >= 0.6 is 0 Å². The van der Waals surface area contributed by atoms with Crippen LogP contribution in [-0.4, -0.2) is 23.0 Å². The molecule has 0 atom stereocenters. The highest BCUT2D eigenvalue weighted by Crippen LogP contribution is 2.20. The molecule has 6 heteroatoms. The molecule has 0 amide bonds. The summed E-state index contributed by atoms with van der Waals surface area (Å²) in [7, 11) is 0. The SMILES string of the molecule is O=[N+]([O-])c1ccccc1CNCCc1ccc2c(n1)NCCC2. The maximum absolute atomic E-state index is 11.0. The number of fused-ring (bicyclic) bond motifs is 1. The Kier molecular flexibility index (Phi) is 4.83. The van der Waals surface area contributed by atoms with Crippen LogP contribution in [-0.2, 0) is 19.4 Å². The minimum Gasteiger partial charge on any atom is -0.370 e. The molecule has 0 fully saturated rings. The zero-order valence-electron chi connectivity index (χ0n) is 12.9. The highest BCUT2D eigenvalue weighted by atomic mass is 16.6. The second-order valence-electron chi connectivity index (χ2n) is 5.65. The number of anilines is 1. The smallest absolute Gasteiger partial charge is 0.273 e. The molecule has 3 rings (SSSR count). The molecule has 1 aromatic carbocycles. The highest BCUT2D eigenvalue weighted by molar-refractivity contribution is 5.47. The first-order valence-electron chi connectivity index (χ1n) is 7.90. The van der Waals surface area contributed by atoms with E-state index in [-0.39, 0.29) is 10.6 Å². The van der Waals surface area contributed by atoms with Crippen LogP contribution in [0.5, 0.6) is 0 Å². The molecule has 2 N–H and O–H groups in total. The van der Waals surface area contributed by atoms with Crippen LogP contribution < -0.4 is 10.6 Å². The molecule has 0 spiro atoms. The Morgan fingerprint density at radius 3 is 3.00 bits per heavy atom. The van der Waals surface area contributed by atoms with Gasteiger partial charge in [0.2, 0.25) is 0 Å². The lowest BCUT2D eigenvalue weighted by atomic mass is 10.1. The van der Waals surface area contributed by atoms with Crippen molar-refractivity contribution in [2.75, 3.05) is 18.4 Å². The van der Waals surface area contributed by atoms with Gasteiger partial charge in [0.15, 0.2) is 0 Å². The van der Waals surface area contributed by atoms with Crippen molar-refractivity contribution in [1.82, 2.24) is 10.3 Å². The first-order chi connectivity index (χ1) is 11.2. The summed E-state index contributed by atoms with van der Waals surface area (Å²) in [6.45, 7) is 2.21. The summed E-state index contributed by atoms with van der Waals surface area (Å²) < 4.78 is 0. The Bertz CT molecular complexity index is 703. The van der Waals surface area contributed by atoms with Gasteiger partial charge in [-0.15, -0.1) is 0 Å². The lowest BCUT2D eigenvalue weighted by molar-refractivity contribution is -0.385. The van der Waals surface area contributed by atoms with Gasteiger partial charge < -0.3 is 10.6 Å². The van der Waals surface area contributed by atoms with E-state index in [0.29, 0.717) is 12.1 Å². The van der Waals surface area contributed by atoms with Crippen LogP contribution in [0.25, 0.3) is 0 Å². The van der Waals surface area contributed by atoms with Gasteiger partial charge in [-0.05, 0) is 24.5 Å². The summed E-state index contributed by atoms with van der Waals surface area (Å²) in [5.74, 6) is 1.01. The molecule has 0 bridgehead atoms. The van der Waals surface area contributed by atoms with Gasteiger partial charge in [0.25, 0.3) is 5.69 Å². The summed E-state index contributed by atoms with van der Waals surface area (Å²) in [5, 5.41) is 17.6. The van der Waals surface area contributed by atoms with Crippen molar-refractivity contribution in [2.24, 2.45) is 0 Å². The van der Waals surface area contributed by atoms with Crippen LogP contribution in [0, 0.1) is 10.1 Å². The third kappa shape index (κ3) is 3.84. The number of nitro groups is 1. The average molecular weight is 312 g/mol. The van der Waals surface area contributed by atoms with E-state index in [1.165, 1.54) is 11.6 Å². The molecule has 1 aromatic heterocycles. The van der Waals surface area contributed by atoms with Gasteiger partial charge in [-0.2, -0.15) is 0 Å². The van der Waals surface area contributed by atoms with Gasteiger partial charge in [0.1, 0.15) is 5.82 Å². The van der Waals surface area contributed by atoms with Crippen LogP contribution in [0.1, 0.15) is 23.2 Å². The van der Waals surface area contributed by atoms with Crippen LogP contribution in [0.2, 0.25) is 0 Å². The number of aromatic nitrogens is 1. The van der Waals surface area contributed by atoms with E-state index in [2.05, 4.69) is 27.8 Å². The third-order valence-corrected chi connectivity index (χ3v) is 4.01. The number of nitrogens with zero attached hydrogens (tertiary/aromatic N) is 2.